The Bertz CT molecular complexity index is 928. The summed E-state index contributed by atoms with van der Waals surface area (Å²) in [6.45, 7) is 6.62. The number of hydrogen-bond donors (Lipinski definition) is 1. The summed E-state index contributed by atoms with van der Waals surface area (Å²) in [5, 5.41) is 4.23. The summed E-state index contributed by atoms with van der Waals surface area (Å²) in [6.07, 6.45) is 6.21. The molecule has 5 heteroatoms. The van der Waals surface area contributed by atoms with Gasteiger partial charge in [0.1, 0.15) is 0 Å². The van der Waals surface area contributed by atoms with E-state index in [1.54, 1.807) is 0 Å². The molecule has 1 aromatic carbocycles. The van der Waals surface area contributed by atoms with Crippen LogP contribution in [-0.2, 0) is 5.54 Å². The topological polar surface area (TPSA) is 33.1 Å². The molecule has 1 saturated heterocycles. The average Bonchev–Trinajstić information content (AvgIpc) is 3.27. The second kappa shape index (κ2) is 6.82. The zero-order valence-corrected chi connectivity index (χ0v) is 16.6. The zero-order chi connectivity index (χ0) is 19.0. The summed E-state index contributed by atoms with van der Waals surface area (Å²) >= 11 is 5.74. The number of hydrogen-bond acceptors (Lipinski definition) is 2. The van der Waals surface area contributed by atoms with Gasteiger partial charge in [0.2, 0.25) is 0 Å². The third-order valence-corrected chi connectivity index (χ3v) is 5.28. The molecule has 27 heavy (non-hydrogen) atoms. The lowest BCUT2D eigenvalue weighted by molar-refractivity contribution is 0.397. The van der Waals surface area contributed by atoms with Crippen LogP contribution in [0.3, 0.4) is 0 Å². The predicted octanol–water partition coefficient (Wildman–Crippen LogP) is 4.82. The molecule has 2 atom stereocenters. The number of nitrogens with one attached hydrogen (secondary N) is 1. The maximum absolute atomic E-state index is 5.74. The summed E-state index contributed by atoms with van der Waals surface area (Å²) < 4.78 is 2.25. The second-order valence-electron chi connectivity index (χ2n) is 7.86. The van der Waals surface area contributed by atoms with Gasteiger partial charge in [0.05, 0.1) is 17.8 Å². The van der Waals surface area contributed by atoms with Gasteiger partial charge in [0, 0.05) is 29.8 Å². The van der Waals surface area contributed by atoms with E-state index in [2.05, 4.69) is 77.2 Å². The van der Waals surface area contributed by atoms with Gasteiger partial charge in [-0.2, -0.15) is 0 Å². The molecule has 0 amide bonds. The van der Waals surface area contributed by atoms with E-state index in [1.165, 1.54) is 5.56 Å². The van der Waals surface area contributed by atoms with Crippen molar-refractivity contribution in [3.05, 3.63) is 84.4 Å². The van der Waals surface area contributed by atoms with E-state index in [9.17, 15) is 0 Å². The zero-order valence-electron chi connectivity index (χ0n) is 15.8. The Kier molecular flexibility index (Phi) is 4.48. The standard InChI is InChI=1S/C22H24N4S/c1-22(2,3)25-14-12-16(15-25)20-19(18-11-7-8-13-23-18)24-21(27)26(20)17-9-5-4-6-10-17/h4-15,19-20H,1-3H3,(H,24,27)/t19-,20-/m0/s1. The van der Waals surface area contributed by atoms with Gasteiger partial charge in [-0.25, -0.2) is 0 Å². The van der Waals surface area contributed by atoms with Gasteiger partial charge in [-0.1, -0.05) is 24.3 Å². The number of para-hydroxylation sites is 1. The maximum atomic E-state index is 5.74. The second-order valence-corrected chi connectivity index (χ2v) is 8.24. The lowest BCUT2D eigenvalue weighted by Crippen LogP contribution is -2.29. The molecule has 0 bridgehead atoms. The van der Waals surface area contributed by atoms with Gasteiger partial charge in [0.25, 0.3) is 0 Å². The molecule has 1 N–H and O–H groups in total. The van der Waals surface area contributed by atoms with Crippen molar-refractivity contribution in [1.82, 2.24) is 14.9 Å². The lowest BCUT2D eigenvalue weighted by atomic mass is 9.98. The fourth-order valence-corrected chi connectivity index (χ4v) is 3.91. The van der Waals surface area contributed by atoms with E-state index < -0.39 is 0 Å². The first kappa shape index (κ1) is 17.7. The van der Waals surface area contributed by atoms with Crippen LogP contribution in [0.15, 0.2) is 73.2 Å². The van der Waals surface area contributed by atoms with Crippen LogP contribution in [0.5, 0.6) is 0 Å². The van der Waals surface area contributed by atoms with Crippen LogP contribution in [0.2, 0.25) is 0 Å². The molecule has 2 aromatic heterocycles. The Morgan fingerprint density at radius 1 is 1.00 bits per heavy atom. The third kappa shape index (κ3) is 3.35. The Balaban J connectivity index is 1.82. The summed E-state index contributed by atoms with van der Waals surface area (Å²) in [7, 11) is 0. The number of pyridine rings is 1. The molecule has 3 heterocycles. The first-order valence-corrected chi connectivity index (χ1v) is 9.60. The predicted molar refractivity (Wildman–Crippen MR) is 114 cm³/mol. The van der Waals surface area contributed by atoms with Gasteiger partial charge in [-0.15, -0.1) is 0 Å². The number of rotatable bonds is 3. The number of anilines is 1. The van der Waals surface area contributed by atoms with E-state index in [4.69, 9.17) is 12.2 Å². The molecule has 1 fully saturated rings. The van der Waals surface area contributed by atoms with Crippen LogP contribution in [0.25, 0.3) is 0 Å². The van der Waals surface area contributed by atoms with E-state index in [0.29, 0.717) is 0 Å². The molecule has 3 aromatic rings. The molecule has 0 aliphatic carbocycles. The fourth-order valence-electron chi connectivity index (χ4n) is 3.57. The van der Waals surface area contributed by atoms with Crippen molar-refractivity contribution in [3.8, 4) is 0 Å². The highest BCUT2D eigenvalue weighted by molar-refractivity contribution is 7.80. The number of thiocarbonyl (C=S) groups is 1. The minimum atomic E-state index is -0.00488. The Morgan fingerprint density at radius 2 is 1.74 bits per heavy atom. The molecule has 0 spiro atoms. The largest absolute Gasteiger partial charge is 0.351 e. The SMILES string of the molecule is CC(C)(C)n1ccc([C@H]2[C@H](c3ccccn3)NC(=S)N2c2ccccc2)c1. The van der Waals surface area contributed by atoms with Crippen molar-refractivity contribution < 1.29 is 0 Å². The van der Waals surface area contributed by atoms with E-state index in [1.807, 2.05) is 36.5 Å². The first-order valence-electron chi connectivity index (χ1n) is 9.19. The van der Waals surface area contributed by atoms with Crippen molar-refractivity contribution in [2.75, 3.05) is 4.90 Å². The van der Waals surface area contributed by atoms with Crippen molar-refractivity contribution in [2.24, 2.45) is 0 Å². The van der Waals surface area contributed by atoms with E-state index >= 15 is 0 Å². The minimum absolute atomic E-state index is 0.00488. The number of benzene rings is 1. The van der Waals surface area contributed by atoms with Crippen molar-refractivity contribution >= 4 is 23.0 Å². The van der Waals surface area contributed by atoms with E-state index in [0.717, 1.165) is 16.5 Å². The van der Waals surface area contributed by atoms with E-state index in [-0.39, 0.29) is 17.6 Å². The normalized spacial score (nSPS) is 20.0. The first-order chi connectivity index (χ1) is 12.9. The Labute approximate surface area is 165 Å². The van der Waals surface area contributed by atoms with Crippen LogP contribution in [0.4, 0.5) is 5.69 Å². The van der Waals surface area contributed by atoms with Crippen LogP contribution in [-0.4, -0.2) is 14.7 Å². The molecule has 0 saturated carbocycles. The molecule has 138 valence electrons. The molecular weight excluding hydrogens is 352 g/mol. The molecule has 0 radical (unpaired) electrons. The highest BCUT2D eigenvalue weighted by atomic mass is 32.1. The Morgan fingerprint density at radius 3 is 2.37 bits per heavy atom. The smallest absolute Gasteiger partial charge is 0.174 e. The maximum Gasteiger partial charge on any atom is 0.174 e. The summed E-state index contributed by atoms with van der Waals surface area (Å²) in [4.78, 5) is 6.80. The monoisotopic (exact) mass is 376 g/mol. The quantitative estimate of drug-likeness (QED) is 0.665. The third-order valence-electron chi connectivity index (χ3n) is 4.96. The molecule has 4 nitrogen and oxygen atoms in total. The summed E-state index contributed by atoms with van der Waals surface area (Å²) in [5.41, 5.74) is 3.33. The highest BCUT2D eigenvalue weighted by Crippen LogP contribution is 2.41. The molecule has 4 rings (SSSR count). The van der Waals surface area contributed by atoms with Gasteiger partial charge < -0.3 is 14.8 Å². The summed E-state index contributed by atoms with van der Waals surface area (Å²) in [5.74, 6) is 0. The van der Waals surface area contributed by atoms with Gasteiger partial charge >= 0.3 is 0 Å². The minimum Gasteiger partial charge on any atom is -0.351 e. The van der Waals surface area contributed by atoms with Crippen LogP contribution in [0, 0.1) is 0 Å². The molecule has 0 unspecified atom stereocenters. The van der Waals surface area contributed by atoms with Crippen LogP contribution < -0.4 is 10.2 Å². The van der Waals surface area contributed by atoms with Crippen molar-refractivity contribution in [1.29, 1.82) is 0 Å². The summed E-state index contributed by atoms with van der Waals surface area (Å²) in [6, 6.07) is 18.6. The van der Waals surface area contributed by atoms with Gasteiger partial charge in [-0.05, 0) is 68.9 Å². The Hall–Kier alpha value is -2.66. The molecule has 1 aliphatic rings. The van der Waals surface area contributed by atoms with Crippen molar-refractivity contribution in [3.63, 3.8) is 0 Å². The van der Waals surface area contributed by atoms with Crippen LogP contribution in [0.1, 0.15) is 44.1 Å². The fraction of sp³-hybridized carbons (Fsp3) is 0.273. The molecule has 1 aliphatic heterocycles. The average molecular weight is 377 g/mol. The molecular formula is C22H24N4S. The van der Waals surface area contributed by atoms with Crippen molar-refractivity contribution in [2.45, 2.75) is 38.4 Å². The van der Waals surface area contributed by atoms with Gasteiger partial charge in [-0.3, -0.25) is 4.98 Å². The lowest BCUT2D eigenvalue weighted by Gasteiger charge is -2.27. The van der Waals surface area contributed by atoms with Gasteiger partial charge in [0.15, 0.2) is 5.11 Å². The number of aromatic nitrogens is 2. The van der Waals surface area contributed by atoms with Crippen LogP contribution >= 0.6 is 12.2 Å². The number of nitrogens with zero attached hydrogens (tertiary/aromatic N) is 3. The highest BCUT2D eigenvalue weighted by Gasteiger charge is 2.41.